The number of amides is 1. The van der Waals surface area contributed by atoms with Crippen molar-refractivity contribution in [2.24, 2.45) is 0 Å². The number of carbonyl (C=O) groups is 1. The molecule has 3 rings (SSSR count). The van der Waals surface area contributed by atoms with Crippen molar-refractivity contribution < 1.29 is 27.4 Å². The van der Waals surface area contributed by atoms with E-state index in [0.29, 0.717) is 22.8 Å². The Hall–Kier alpha value is -3.56. The highest BCUT2D eigenvalue weighted by molar-refractivity contribution is 7.89. The van der Waals surface area contributed by atoms with E-state index in [1.807, 2.05) is 43.3 Å². The molecule has 1 amide bonds. The van der Waals surface area contributed by atoms with Gasteiger partial charge in [0.2, 0.25) is 21.7 Å². The highest BCUT2D eigenvalue weighted by Crippen LogP contribution is 2.38. The molecule has 0 bridgehead atoms. The molecule has 0 N–H and O–H groups in total. The maximum atomic E-state index is 13.8. The van der Waals surface area contributed by atoms with E-state index in [-0.39, 0.29) is 30.4 Å². The van der Waals surface area contributed by atoms with Crippen LogP contribution in [0.3, 0.4) is 0 Å². The van der Waals surface area contributed by atoms with Crippen LogP contribution in [0.2, 0.25) is 0 Å². The zero-order valence-corrected chi connectivity index (χ0v) is 23.0. The van der Waals surface area contributed by atoms with Gasteiger partial charge in [-0.2, -0.15) is 4.31 Å². The van der Waals surface area contributed by atoms with E-state index in [2.05, 4.69) is 0 Å². The number of carbonyl (C=O) groups excluding carboxylic acids is 1. The van der Waals surface area contributed by atoms with Gasteiger partial charge >= 0.3 is 0 Å². The number of hydrogen-bond donors (Lipinski definition) is 0. The van der Waals surface area contributed by atoms with Crippen molar-refractivity contribution >= 4 is 15.9 Å². The standard InChI is InChI=1S/C28H34N2O6S/c1-20-12-13-21(2)26(14-20)37(32,33)30(18-22-10-8-7-9-11-22)19-27(31)29(3)17-23-15-24(34-4)28(36-6)25(16-23)35-5/h7-16H,17-19H2,1-6H3. The third-order valence-electron chi connectivity index (χ3n) is 6.04. The third-order valence-corrected chi connectivity index (χ3v) is 7.98. The molecule has 0 aliphatic carbocycles. The molecule has 0 aromatic heterocycles. The number of likely N-dealkylation sites (N-methyl/N-ethyl adjacent to an activating group) is 1. The number of methoxy groups -OCH3 is 3. The van der Waals surface area contributed by atoms with E-state index in [0.717, 1.165) is 16.7 Å². The van der Waals surface area contributed by atoms with Crippen LogP contribution in [0, 0.1) is 13.8 Å². The first kappa shape index (κ1) is 28.0. The molecule has 0 unspecified atom stereocenters. The summed E-state index contributed by atoms with van der Waals surface area (Å²) in [4.78, 5) is 15.0. The average Bonchev–Trinajstić information content (AvgIpc) is 2.89. The topological polar surface area (TPSA) is 85.4 Å². The maximum absolute atomic E-state index is 13.8. The van der Waals surface area contributed by atoms with Crippen molar-refractivity contribution in [2.75, 3.05) is 34.9 Å². The van der Waals surface area contributed by atoms with E-state index < -0.39 is 10.0 Å². The van der Waals surface area contributed by atoms with Gasteiger partial charge in [-0.1, -0.05) is 42.5 Å². The number of sulfonamides is 1. The second-order valence-electron chi connectivity index (χ2n) is 8.81. The first-order valence-corrected chi connectivity index (χ1v) is 13.2. The molecule has 3 aromatic rings. The molecule has 8 nitrogen and oxygen atoms in total. The predicted molar refractivity (Wildman–Crippen MR) is 143 cm³/mol. The summed E-state index contributed by atoms with van der Waals surface area (Å²) >= 11 is 0. The molecule has 0 atom stereocenters. The third kappa shape index (κ3) is 6.61. The Morgan fingerprint density at radius 2 is 1.43 bits per heavy atom. The van der Waals surface area contributed by atoms with Crippen LogP contribution in [0.25, 0.3) is 0 Å². The Morgan fingerprint density at radius 1 is 0.811 bits per heavy atom. The van der Waals surface area contributed by atoms with Crippen LogP contribution < -0.4 is 14.2 Å². The van der Waals surface area contributed by atoms with Crippen molar-refractivity contribution in [3.63, 3.8) is 0 Å². The number of rotatable bonds is 11. The fraction of sp³-hybridized carbons (Fsp3) is 0.321. The molecule has 0 saturated heterocycles. The summed E-state index contributed by atoms with van der Waals surface area (Å²) in [6.45, 7) is 3.58. The quantitative estimate of drug-likeness (QED) is 0.373. The van der Waals surface area contributed by atoms with E-state index in [1.165, 1.54) is 30.5 Å². The molecule has 0 heterocycles. The molecule has 0 fully saturated rings. The highest BCUT2D eigenvalue weighted by Gasteiger charge is 2.29. The molecule has 3 aromatic carbocycles. The fourth-order valence-corrected chi connectivity index (χ4v) is 5.68. The molecule has 0 saturated carbocycles. The van der Waals surface area contributed by atoms with Gasteiger partial charge in [0, 0.05) is 20.1 Å². The van der Waals surface area contributed by atoms with Gasteiger partial charge in [0.25, 0.3) is 0 Å². The smallest absolute Gasteiger partial charge is 0.244 e. The lowest BCUT2D eigenvalue weighted by molar-refractivity contribution is -0.130. The molecular weight excluding hydrogens is 492 g/mol. The van der Waals surface area contributed by atoms with Gasteiger partial charge in [-0.05, 0) is 54.3 Å². The average molecular weight is 527 g/mol. The molecule has 198 valence electrons. The normalized spacial score (nSPS) is 11.3. The molecule has 0 aliphatic rings. The minimum atomic E-state index is -3.95. The highest BCUT2D eigenvalue weighted by atomic mass is 32.2. The number of aryl methyl sites for hydroxylation is 2. The van der Waals surface area contributed by atoms with Crippen LogP contribution in [0.4, 0.5) is 0 Å². The lowest BCUT2D eigenvalue weighted by Gasteiger charge is -2.26. The van der Waals surface area contributed by atoms with Crippen LogP contribution >= 0.6 is 0 Å². The predicted octanol–water partition coefficient (Wildman–Crippen LogP) is 4.18. The zero-order valence-electron chi connectivity index (χ0n) is 22.1. The van der Waals surface area contributed by atoms with Crippen molar-refractivity contribution in [1.29, 1.82) is 0 Å². The second-order valence-corrected chi connectivity index (χ2v) is 10.7. The summed E-state index contributed by atoms with van der Waals surface area (Å²) in [5, 5.41) is 0. The summed E-state index contributed by atoms with van der Waals surface area (Å²) < 4.78 is 45.0. The van der Waals surface area contributed by atoms with Crippen molar-refractivity contribution in [3.8, 4) is 17.2 Å². The van der Waals surface area contributed by atoms with Gasteiger partial charge in [-0.25, -0.2) is 8.42 Å². The van der Waals surface area contributed by atoms with Crippen LogP contribution in [0.15, 0.2) is 65.6 Å². The van der Waals surface area contributed by atoms with Crippen molar-refractivity contribution in [3.05, 3.63) is 82.9 Å². The first-order valence-electron chi connectivity index (χ1n) is 11.7. The molecule has 9 heteroatoms. The van der Waals surface area contributed by atoms with Gasteiger partial charge < -0.3 is 19.1 Å². The Balaban J connectivity index is 1.90. The SMILES string of the molecule is COc1cc(CN(C)C(=O)CN(Cc2ccccc2)S(=O)(=O)c2cc(C)ccc2C)cc(OC)c1OC. The van der Waals surface area contributed by atoms with E-state index in [1.54, 1.807) is 38.2 Å². The maximum Gasteiger partial charge on any atom is 0.244 e. The van der Waals surface area contributed by atoms with Crippen molar-refractivity contribution in [1.82, 2.24) is 9.21 Å². The molecule has 0 aliphatic heterocycles. The summed E-state index contributed by atoms with van der Waals surface area (Å²) in [7, 11) is 2.25. The van der Waals surface area contributed by atoms with Crippen molar-refractivity contribution in [2.45, 2.75) is 31.8 Å². The first-order chi connectivity index (χ1) is 17.6. The molecule has 0 radical (unpaired) electrons. The van der Waals surface area contributed by atoms with Gasteiger partial charge in [0.15, 0.2) is 11.5 Å². The number of nitrogens with zero attached hydrogens (tertiary/aromatic N) is 2. The van der Waals surface area contributed by atoms with Gasteiger partial charge in [0.05, 0.1) is 32.8 Å². The summed E-state index contributed by atoms with van der Waals surface area (Å²) in [5.41, 5.74) is 2.99. The number of ether oxygens (including phenoxy) is 3. The lowest BCUT2D eigenvalue weighted by Crippen LogP contribution is -2.41. The minimum Gasteiger partial charge on any atom is -0.493 e. The number of hydrogen-bond acceptors (Lipinski definition) is 6. The zero-order chi connectivity index (χ0) is 27.2. The molecule has 0 spiro atoms. The molecular formula is C28H34N2O6S. The monoisotopic (exact) mass is 526 g/mol. The Kier molecular flexibility index (Phi) is 9.18. The summed E-state index contributed by atoms with van der Waals surface area (Å²) in [6, 6.07) is 18.1. The van der Waals surface area contributed by atoms with Crippen LogP contribution in [0.1, 0.15) is 22.3 Å². The minimum absolute atomic E-state index is 0.0698. The Morgan fingerprint density at radius 3 is 2.00 bits per heavy atom. The Bertz CT molecular complexity index is 1320. The van der Waals surface area contributed by atoms with Crippen LogP contribution in [0.5, 0.6) is 17.2 Å². The fourth-order valence-electron chi connectivity index (χ4n) is 4.00. The van der Waals surface area contributed by atoms with E-state index in [4.69, 9.17) is 14.2 Å². The Labute approximate surface area is 219 Å². The van der Waals surface area contributed by atoms with Gasteiger partial charge in [0.1, 0.15) is 0 Å². The van der Waals surface area contributed by atoms with Gasteiger partial charge in [-0.3, -0.25) is 4.79 Å². The van der Waals surface area contributed by atoms with Gasteiger partial charge in [-0.15, -0.1) is 0 Å². The number of benzene rings is 3. The second kappa shape index (κ2) is 12.1. The molecule has 37 heavy (non-hydrogen) atoms. The lowest BCUT2D eigenvalue weighted by atomic mass is 10.1. The van der Waals surface area contributed by atoms with Crippen LogP contribution in [-0.2, 0) is 27.9 Å². The largest absolute Gasteiger partial charge is 0.493 e. The summed E-state index contributed by atoms with van der Waals surface area (Å²) in [5.74, 6) is 1.05. The van der Waals surface area contributed by atoms with E-state index >= 15 is 0 Å². The van der Waals surface area contributed by atoms with E-state index in [9.17, 15) is 13.2 Å². The van der Waals surface area contributed by atoms with Crippen LogP contribution in [-0.4, -0.2) is 58.5 Å². The summed E-state index contributed by atoms with van der Waals surface area (Å²) in [6.07, 6.45) is 0.